The molecule has 2 heterocycles. The minimum atomic E-state index is 0.555. The molecule has 3 aromatic rings. The Bertz CT molecular complexity index is 742. The Hall–Kier alpha value is -2.17. The third-order valence-corrected chi connectivity index (χ3v) is 3.31. The molecule has 1 aliphatic carbocycles. The number of nitrogens with one attached hydrogen (secondary N) is 1. The maximum atomic E-state index is 4.66. The van der Waals surface area contributed by atoms with E-state index in [4.69, 9.17) is 0 Å². The zero-order valence-corrected chi connectivity index (χ0v) is 10.1. The van der Waals surface area contributed by atoms with Crippen LogP contribution in [0.25, 0.3) is 16.7 Å². The van der Waals surface area contributed by atoms with Crippen molar-refractivity contribution in [2.75, 3.05) is 5.32 Å². The average molecular weight is 239 g/mol. The highest BCUT2D eigenvalue weighted by Gasteiger charge is 2.23. The van der Waals surface area contributed by atoms with Gasteiger partial charge in [0, 0.05) is 6.04 Å². The summed E-state index contributed by atoms with van der Waals surface area (Å²) in [6.45, 7) is 1.97. The molecule has 5 nitrogen and oxygen atoms in total. The Morgan fingerprint density at radius 2 is 2.06 bits per heavy atom. The Morgan fingerprint density at radius 3 is 2.89 bits per heavy atom. The fourth-order valence-corrected chi connectivity index (χ4v) is 2.24. The molecule has 0 spiro atoms. The van der Waals surface area contributed by atoms with Crippen LogP contribution in [0.4, 0.5) is 5.82 Å². The summed E-state index contributed by atoms with van der Waals surface area (Å²) in [6, 6.07) is 8.64. The number of aromatic nitrogens is 4. The lowest BCUT2D eigenvalue weighted by Crippen LogP contribution is -2.06. The molecule has 0 unspecified atom stereocenters. The van der Waals surface area contributed by atoms with Crippen LogP contribution < -0.4 is 5.32 Å². The van der Waals surface area contributed by atoms with Crippen molar-refractivity contribution in [2.24, 2.45) is 0 Å². The lowest BCUT2D eigenvalue weighted by Gasteiger charge is -2.08. The Kier molecular flexibility index (Phi) is 1.86. The summed E-state index contributed by atoms with van der Waals surface area (Å²) in [5.41, 5.74) is 2.84. The van der Waals surface area contributed by atoms with Crippen LogP contribution in [0.15, 0.2) is 24.3 Å². The molecular formula is C13H13N5. The summed E-state index contributed by atoms with van der Waals surface area (Å²) in [5.74, 6) is 1.74. The van der Waals surface area contributed by atoms with Crippen molar-refractivity contribution in [3.8, 4) is 0 Å². The molecule has 0 aliphatic heterocycles. The van der Waals surface area contributed by atoms with Gasteiger partial charge in [0.2, 0.25) is 5.65 Å². The van der Waals surface area contributed by atoms with Crippen molar-refractivity contribution >= 4 is 22.5 Å². The number of anilines is 1. The van der Waals surface area contributed by atoms with Crippen molar-refractivity contribution < 1.29 is 0 Å². The second-order valence-corrected chi connectivity index (χ2v) is 4.77. The third kappa shape index (κ3) is 1.37. The van der Waals surface area contributed by atoms with E-state index in [2.05, 4.69) is 24.9 Å². The zero-order valence-electron chi connectivity index (χ0n) is 10.1. The van der Waals surface area contributed by atoms with Gasteiger partial charge in [-0.2, -0.15) is 0 Å². The van der Waals surface area contributed by atoms with E-state index in [-0.39, 0.29) is 0 Å². The minimum absolute atomic E-state index is 0.555. The van der Waals surface area contributed by atoms with Crippen LogP contribution >= 0.6 is 0 Å². The summed E-state index contributed by atoms with van der Waals surface area (Å²) in [5, 5.41) is 11.8. The maximum absolute atomic E-state index is 4.66. The van der Waals surface area contributed by atoms with Gasteiger partial charge in [0.05, 0.1) is 11.0 Å². The quantitative estimate of drug-likeness (QED) is 0.744. The Labute approximate surface area is 104 Å². The van der Waals surface area contributed by atoms with Gasteiger partial charge in [-0.1, -0.05) is 12.1 Å². The number of hydrogen-bond acceptors (Lipinski definition) is 4. The molecule has 1 aliphatic rings. The van der Waals surface area contributed by atoms with Crippen LogP contribution in [0.1, 0.15) is 18.7 Å². The number of rotatable bonds is 2. The number of para-hydroxylation sites is 2. The molecule has 18 heavy (non-hydrogen) atoms. The van der Waals surface area contributed by atoms with E-state index in [1.165, 1.54) is 12.8 Å². The largest absolute Gasteiger partial charge is 0.364 e. The predicted molar refractivity (Wildman–Crippen MR) is 69.7 cm³/mol. The van der Waals surface area contributed by atoms with Crippen LogP contribution in [0.3, 0.4) is 0 Å². The van der Waals surface area contributed by atoms with E-state index in [9.17, 15) is 0 Å². The summed E-state index contributed by atoms with van der Waals surface area (Å²) < 4.78 is 2.06. The van der Waals surface area contributed by atoms with Crippen LogP contribution in [-0.4, -0.2) is 25.6 Å². The fraction of sp³-hybridized carbons (Fsp3) is 0.308. The first-order valence-corrected chi connectivity index (χ1v) is 6.20. The van der Waals surface area contributed by atoms with E-state index in [0.29, 0.717) is 6.04 Å². The maximum Gasteiger partial charge on any atom is 0.204 e. The monoisotopic (exact) mass is 239 g/mol. The third-order valence-electron chi connectivity index (χ3n) is 3.31. The van der Waals surface area contributed by atoms with E-state index in [1.807, 2.05) is 31.2 Å². The number of benzene rings is 1. The first kappa shape index (κ1) is 9.82. The zero-order chi connectivity index (χ0) is 12.1. The lowest BCUT2D eigenvalue weighted by atomic mass is 10.3. The van der Waals surface area contributed by atoms with E-state index < -0.39 is 0 Å². The van der Waals surface area contributed by atoms with Gasteiger partial charge in [-0.25, -0.2) is 4.98 Å². The van der Waals surface area contributed by atoms with Gasteiger partial charge in [0.15, 0.2) is 5.82 Å². The highest BCUT2D eigenvalue weighted by Crippen LogP contribution is 2.27. The Morgan fingerprint density at radius 1 is 1.22 bits per heavy atom. The van der Waals surface area contributed by atoms with Crippen LogP contribution in [0.2, 0.25) is 0 Å². The predicted octanol–water partition coefficient (Wildman–Crippen LogP) is 2.16. The van der Waals surface area contributed by atoms with Crippen molar-refractivity contribution in [1.29, 1.82) is 0 Å². The van der Waals surface area contributed by atoms with Gasteiger partial charge in [-0.15, -0.1) is 10.2 Å². The molecule has 0 radical (unpaired) electrons. The molecule has 0 bridgehead atoms. The molecule has 5 heteroatoms. The van der Waals surface area contributed by atoms with Gasteiger partial charge >= 0.3 is 0 Å². The smallest absolute Gasteiger partial charge is 0.204 e. The normalized spacial score (nSPS) is 15.4. The van der Waals surface area contributed by atoms with Crippen LogP contribution in [-0.2, 0) is 0 Å². The van der Waals surface area contributed by atoms with Crippen molar-refractivity contribution in [3.05, 3.63) is 30.1 Å². The van der Waals surface area contributed by atoms with E-state index in [0.717, 1.165) is 28.3 Å². The SMILES string of the molecule is Cc1nnc2c(NC3CC3)nc3ccccc3n12. The lowest BCUT2D eigenvalue weighted by molar-refractivity contribution is 1.02. The summed E-state index contributed by atoms with van der Waals surface area (Å²) in [6.07, 6.45) is 2.43. The molecular weight excluding hydrogens is 226 g/mol. The number of fused-ring (bicyclic) bond motifs is 3. The molecule has 1 fully saturated rings. The van der Waals surface area contributed by atoms with E-state index >= 15 is 0 Å². The number of aryl methyl sites for hydroxylation is 1. The Balaban J connectivity index is 2.08. The van der Waals surface area contributed by atoms with Crippen molar-refractivity contribution in [3.63, 3.8) is 0 Å². The highest BCUT2D eigenvalue weighted by atomic mass is 15.3. The summed E-state index contributed by atoms with van der Waals surface area (Å²) in [4.78, 5) is 4.66. The van der Waals surface area contributed by atoms with Gasteiger partial charge in [0.25, 0.3) is 0 Å². The van der Waals surface area contributed by atoms with Gasteiger partial charge in [-0.05, 0) is 31.9 Å². The van der Waals surface area contributed by atoms with Gasteiger partial charge in [0.1, 0.15) is 5.82 Å². The second-order valence-electron chi connectivity index (χ2n) is 4.77. The van der Waals surface area contributed by atoms with Crippen LogP contribution in [0.5, 0.6) is 0 Å². The van der Waals surface area contributed by atoms with Gasteiger partial charge < -0.3 is 5.32 Å². The first-order valence-electron chi connectivity index (χ1n) is 6.20. The number of hydrogen-bond donors (Lipinski definition) is 1. The second kappa shape index (κ2) is 3.41. The standard InChI is InChI=1S/C13H13N5/c1-8-16-17-13-12(14-9-6-7-9)15-10-4-2-3-5-11(10)18(8)13/h2-5,9H,6-7H2,1H3,(H,14,15). The van der Waals surface area contributed by atoms with E-state index in [1.54, 1.807) is 0 Å². The highest BCUT2D eigenvalue weighted by molar-refractivity contribution is 5.83. The molecule has 0 saturated heterocycles. The molecule has 90 valence electrons. The topological polar surface area (TPSA) is 55.1 Å². The molecule has 4 rings (SSSR count). The molecule has 0 amide bonds. The van der Waals surface area contributed by atoms with Crippen molar-refractivity contribution in [2.45, 2.75) is 25.8 Å². The first-order chi connectivity index (χ1) is 8.83. The minimum Gasteiger partial charge on any atom is -0.364 e. The molecule has 0 atom stereocenters. The van der Waals surface area contributed by atoms with Crippen molar-refractivity contribution in [1.82, 2.24) is 19.6 Å². The van der Waals surface area contributed by atoms with Crippen LogP contribution in [0, 0.1) is 6.92 Å². The number of nitrogens with zero attached hydrogens (tertiary/aromatic N) is 4. The van der Waals surface area contributed by atoms with Gasteiger partial charge in [-0.3, -0.25) is 4.40 Å². The molecule has 1 aromatic carbocycles. The summed E-state index contributed by atoms with van der Waals surface area (Å²) >= 11 is 0. The molecule has 1 N–H and O–H groups in total. The average Bonchev–Trinajstić information content (AvgIpc) is 3.11. The molecule has 1 saturated carbocycles. The summed E-state index contributed by atoms with van der Waals surface area (Å²) in [7, 11) is 0. The molecule has 2 aromatic heterocycles. The fourth-order valence-electron chi connectivity index (χ4n) is 2.24.